The van der Waals surface area contributed by atoms with E-state index in [4.69, 9.17) is 11.6 Å². The summed E-state index contributed by atoms with van der Waals surface area (Å²) in [5.41, 5.74) is 0.0735. The molecule has 0 radical (unpaired) electrons. The second-order valence-corrected chi connectivity index (χ2v) is 8.72. The summed E-state index contributed by atoms with van der Waals surface area (Å²) in [6.45, 7) is 6.49. The lowest BCUT2D eigenvalue weighted by Gasteiger charge is -2.40. The van der Waals surface area contributed by atoms with Gasteiger partial charge in [0.2, 0.25) is 15.3 Å². The minimum absolute atomic E-state index is 0.0409. The molecule has 0 aliphatic heterocycles. The van der Waals surface area contributed by atoms with Gasteiger partial charge in [0.1, 0.15) is 4.90 Å². The lowest BCUT2D eigenvalue weighted by Crippen LogP contribution is -2.46. The lowest BCUT2D eigenvalue weighted by molar-refractivity contribution is 0.144. The number of rotatable bonds is 3. The smallest absolute Gasteiger partial charge is 0.225 e. The number of hydrogen-bond donors (Lipinski definition) is 1. The van der Waals surface area contributed by atoms with Crippen LogP contribution in [0.3, 0.4) is 0 Å². The molecule has 1 aliphatic rings. The maximum Gasteiger partial charge on any atom is 0.243 e. The van der Waals surface area contributed by atoms with Crippen molar-refractivity contribution in [2.75, 3.05) is 0 Å². The molecule has 2 rings (SSSR count). The molecule has 0 aromatic carbocycles. The first kappa shape index (κ1) is 16.6. The van der Waals surface area contributed by atoms with Crippen LogP contribution in [0.5, 0.6) is 0 Å². The van der Waals surface area contributed by atoms with Crippen LogP contribution in [0.2, 0.25) is 5.28 Å². The monoisotopic (exact) mass is 331 g/mol. The Morgan fingerprint density at radius 2 is 1.76 bits per heavy atom. The molecule has 0 saturated heterocycles. The van der Waals surface area contributed by atoms with Crippen LogP contribution in [-0.2, 0) is 10.0 Å². The summed E-state index contributed by atoms with van der Waals surface area (Å²) in [4.78, 5) is 7.54. The van der Waals surface area contributed by atoms with E-state index >= 15 is 0 Å². The second-order valence-electron chi connectivity index (χ2n) is 6.67. The summed E-state index contributed by atoms with van der Waals surface area (Å²) in [7, 11) is -3.60. The first-order chi connectivity index (χ1) is 9.70. The fourth-order valence-electron chi connectivity index (χ4n) is 3.02. The Morgan fingerprint density at radius 1 is 1.19 bits per heavy atom. The van der Waals surface area contributed by atoms with E-state index in [0.717, 1.165) is 25.7 Å². The Hall–Kier alpha value is -0.720. The highest BCUT2D eigenvalue weighted by Gasteiger charge is 2.36. The van der Waals surface area contributed by atoms with E-state index in [9.17, 15) is 8.42 Å². The topological polar surface area (TPSA) is 72.0 Å². The third-order valence-electron chi connectivity index (χ3n) is 4.09. The average molecular weight is 332 g/mol. The Morgan fingerprint density at radius 3 is 2.33 bits per heavy atom. The van der Waals surface area contributed by atoms with E-state index in [0.29, 0.717) is 5.92 Å². The number of hydrogen-bond acceptors (Lipinski definition) is 4. The Labute approximate surface area is 131 Å². The highest BCUT2D eigenvalue weighted by atomic mass is 35.5. The first-order valence-corrected chi connectivity index (χ1v) is 9.06. The molecule has 118 valence electrons. The van der Waals surface area contributed by atoms with E-state index in [-0.39, 0.29) is 21.6 Å². The van der Waals surface area contributed by atoms with Crippen LogP contribution < -0.4 is 4.72 Å². The third-order valence-corrected chi connectivity index (χ3v) is 5.73. The van der Waals surface area contributed by atoms with Crippen LogP contribution in [0.4, 0.5) is 0 Å². The van der Waals surface area contributed by atoms with Gasteiger partial charge in [-0.05, 0) is 35.8 Å². The molecule has 1 saturated carbocycles. The zero-order valence-electron chi connectivity index (χ0n) is 12.6. The van der Waals surface area contributed by atoms with Crippen molar-refractivity contribution in [1.82, 2.24) is 14.7 Å². The zero-order chi connectivity index (χ0) is 15.7. The molecule has 1 N–H and O–H groups in total. The summed E-state index contributed by atoms with van der Waals surface area (Å²) >= 11 is 5.60. The van der Waals surface area contributed by atoms with E-state index in [2.05, 4.69) is 35.5 Å². The Kier molecular flexibility index (Phi) is 4.90. The molecule has 0 amide bonds. The molecule has 0 spiro atoms. The molecule has 1 heterocycles. The van der Waals surface area contributed by atoms with E-state index in [1.165, 1.54) is 12.4 Å². The molecule has 2 atom stereocenters. The van der Waals surface area contributed by atoms with Gasteiger partial charge in [0, 0.05) is 6.04 Å². The number of nitrogens with zero attached hydrogens (tertiary/aromatic N) is 2. The minimum atomic E-state index is -3.60. The van der Waals surface area contributed by atoms with E-state index in [1.54, 1.807) is 0 Å². The zero-order valence-corrected chi connectivity index (χ0v) is 14.2. The van der Waals surface area contributed by atoms with Crippen LogP contribution in [0.15, 0.2) is 17.3 Å². The van der Waals surface area contributed by atoms with Gasteiger partial charge in [0.25, 0.3) is 0 Å². The molecule has 5 nitrogen and oxygen atoms in total. The molecular formula is C14H22ClN3O2S. The molecule has 21 heavy (non-hydrogen) atoms. The van der Waals surface area contributed by atoms with Crippen molar-refractivity contribution < 1.29 is 8.42 Å². The van der Waals surface area contributed by atoms with Crippen molar-refractivity contribution in [2.45, 2.75) is 57.4 Å². The van der Waals surface area contributed by atoms with E-state index < -0.39 is 10.0 Å². The van der Waals surface area contributed by atoms with Crippen LogP contribution in [0.25, 0.3) is 0 Å². The van der Waals surface area contributed by atoms with Crippen molar-refractivity contribution in [2.24, 2.45) is 11.3 Å². The number of sulfonamides is 1. The predicted octanol–water partition coefficient (Wildman–Crippen LogP) is 3.01. The van der Waals surface area contributed by atoms with Crippen LogP contribution in [0.1, 0.15) is 46.5 Å². The van der Waals surface area contributed by atoms with Gasteiger partial charge in [0.15, 0.2) is 0 Å². The molecule has 2 unspecified atom stereocenters. The van der Waals surface area contributed by atoms with Crippen molar-refractivity contribution in [3.8, 4) is 0 Å². The summed E-state index contributed by atoms with van der Waals surface area (Å²) in [5, 5.41) is 0.0409. The van der Waals surface area contributed by atoms with Gasteiger partial charge in [0.05, 0.1) is 12.4 Å². The van der Waals surface area contributed by atoms with E-state index in [1.807, 2.05) is 0 Å². The molecule has 0 bridgehead atoms. The Bertz CT molecular complexity index is 581. The second kappa shape index (κ2) is 6.18. The standard InChI is InChI=1S/C14H22ClN3O2S/c1-14(2,3)11-6-4-5-7-12(11)18-21(19,20)10-8-16-13(15)17-9-10/h8-9,11-12,18H,4-7H2,1-3H3. The van der Waals surface area contributed by atoms with Gasteiger partial charge < -0.3 is 0 Å². The summed E-state index contributed by atoms with van der Waals surface area (Å²) in [5.74, 6) is 0.328. The van der Waals surface area contributed by atoms with Crippen molar-refractivity contribution >= 4 is 21.6 Å². The molecule has 7 heteroatoms. The highest BCUT2D eigenvalue weighted by Crippen LogP contribution is 2.38. The maximum absolute atomic E-state index is 12.5. The van der Waals surface area contributed by atoms with Crippen LogP contribution in [0, 0.1) is 11.3 Å². The largest absolute Gasteiger partial charge is 0.243 e. The minimum Gasteiger partial charge on any atom is -0.225 e. The van der Waals surface area contributed by atoms with Crippen molar-refractivity contribution in [3.63, 3.8) is 0 Å². The van der Waals surface area contributed by atoms with Gasteiger partial charge in [-0.15, -0.1) is 0 Å². The van der Waals surface area contributed by atoms with Crippen LogP contribution in [-0.4, -0.2) is 24.4 Å². The van der Waals surface area contributed by atoms with Gasteiger partial charge in [-0.2, -0.15) is 0 Å². The van der Waals surface area contributed by atoms with Crippen molar-refractivity contribution in [1.29, 1.82) is 0 Å². The van der Waals surface area contributed by atoms with Gasteiger partial charge in [-0.1, -0.05) is 33.6 Å². The van der Waals surface area contributed by atoms with Gasteiger partial charge in [-0.3, -0.25) is 0 Å². The van der Waals surface area contributed by atoms with Crippen molar-refractivity contribution in [3.05, 3.63) is 17.7 Å². The maximum atomic E-state index is 12.5. The molecule has 1 aromatic heterocycles. The SMILES string of the molecule is CC(C)(C)C1CCCCC1NS(=O)(=O)c1cnc(Cl)nc1. The van der Waals surface area contributed by atoms with Gasteiger partial charge >= 0.3 is 0 Å². The first-order valence-electron chi connectivity index (χ1n) is 7.20. The molecule has 1 aromatic rings. The molecular weight excluding hydrogens is 310 g/mol. The molecule has 1 fully saturated rings. The lowest BCUT2D eigenvalue weighted by atomic mass is 9.70. The van der Waals surface area contributed by atoms with Crippen LogP contribution >= 0.6 is 11.6 Å². The highest BCUT2D eigenvalue weighted by molar-refractivity contribution is 7.89. The number of halogens is 1. The number of nitrogens with one attached hydrogen (secondary N) is 1. The van der Waals surface area contributed by atoms with Gasteiger partial charge in [-0.25, -0.2) is 23.1 Å². The fourth-order valence-corrected chi connectivity index (χ4v) is 4.31. The normalized spacial score (nSPS) is 24.0. The number of aromatic nitrogens is 2. The Balaban J connectivity index is 2.20. The quantitative estimate of drug-likeness (QED) is 0.864. The third kappa shape index (κ3) is 4.14. The summed E-state index contributed by atoms with van der Waals surface area (Å²) in [6.07, 6.45) is 6.61. The average Bonchev–Trinajstić information content (AvgIpc) is 2.38. The predicted molar refractivity (Wildman–Crippen MR) is 82.6 cm³/mol. The summed E-state index contributed by atoms with van der Waals surface area (Å²) < 4.78 is 27.7. The molecule has 1 aliphatic carbocycles. The summed E-state index contributed by atoms with van der Waals surface area (Å²) in [6, 6.07) is -0.0422. The fraction of sp³-hybridized carbons (Fsp3) is 0.714.